The van der Waals surface area contributed by atoms with Crippen LogP contribution in [-0.2, 0) is 25.5 Å². The first-order valence-electron chi connectivity index (χ1n) is 16.2. The lowest BCUT2D eigenvalue weighted by Crippen LogP contribution is -2.60. The molecule has 0 unspecified atom stereocenters. The summed E-state index contributed by atoms with van der Waals surface area (Å²) in [6.45, 7) is 6.39. The van der Waals surface area contributed by atoms with Crippen LogP contribution in [0.1, 0.15) is 82.8 Å². The zero-order valence-electron chi connectivity index (χ0n) is 26.3. The molecule has 5 N–H and O–H groups in total. The molecular formula is C33H47NO11. The van der Waals surface area contributed by atoms with Gasteiger partial charge in [0.15, 0.2) is 11.3 Å². The van der Waals surface area contributed by atoms with Gasteiger partial charge in [-0.25, -0.2) is 0 Å². The number of rotatable bonds is 13. The summed E-state index contributed by atoms with van der Waals surface area (Å²) >= 11 is 0. The quantitative estimate of drug-likeness (QED) is 0.162. The Morgan fingerprint density at radius 3 is 2.58 bits per heavy atom. The van der Waals surface area contributed by atoms with Crippen LogP contribution in [0.3, 0.4) is 0 Å². The molecule has 0 bridgehead atoms. The molecule has 1 saturated carbocycles. The third-order valence-electron chi connectivity index (χ3n) is 9.50. The van der Waals surface area contributed by atoms with Crippen LogP contribution >= 0.6 is 0 Å². The first-order valence-corrected chi connectivity index (χ1v) is 16.2. The normalized spacial score (nSPS) is 27.8. The average Bonchev–Trinajstić information content (AvgIpc) is 3.75. The second-order valence-corrected chi connectivity index (χ2v) is 12.9. The van der Waals surface area contributed by atoms with Crippen LogP contribution in [0.4, 0.5) is 0 Å². The number of esters is 1. The fourth-order valence-corrected chi connectivity index (χ4v) is 7.04. The lowest BCUT2D eigenvalue weighted by Gasteiger charge is -2.39. The van der Waals surface area contributed by atoms with Gasteiger partial charge in [0.25, 0.3) is 0 Å². The van der Waals surface area contributed by atoms with Gasteiger partial charge in [-0.1, -0.05) is 26.7 Å². The summed E-state index contributed by atoms with van der Waals surface area (Å²) in [7, 11) is 0. The number of aliphatic hydroxyl groups excluding tert-OH is 4. The van der Waals surface area contributed by atoms with Crippen molar-refractivity contribution in [2.45, 2.75) is 109 Å². The van der Waals surface area contributed by atoms with E-state index in [-0.39, 0.29) is 42.8 Å². The van der Waals surface area contributed by atoms with Crippen LogP contribution in [0, 0.1) is 11.3 Å². The molecule has 1 amide bonds. The maximum Gasteiger partial charge on any atom is 0.306 e. The summed E-state index contributed by atoms with van der Waals surface area (Å²) in [6, 6.07) is 1.86. The molecule has 0 radical (unpaired) electrons. The van der Waals surface area contributed by atoms with E-state index in [1.165, 1.54) is 0 Å². The minimum absolute atomic E-state index is 0.0256. The van der Waals surface area contributed by atoms with Gasteiger partial charge in [-0.15, -0.1) is 0 Å². The Labute approximate surface area is 263 Å². The summed E-state index contributed by atoms with van der Waals surface area (Å²) in [4.78, 5) is 25.6. The largest absolute Gasteiger partial charge is 0.486 e. The van der Waals surface area contributed by atoms with Crippen molar-refractivity contribution in [2.24, 2.45) is 11.3 Å². The Morgan fingerprint density at radius 2 is 1.89 bits per heavy atom. The Balaban J connectivity index is 1.60. The lowest BCUT2D eigenvalue weighted by atomic mass is 9.72. The number of hydrogen-bond donors (Lipinski definition) is 5. The second kappa shape index (κ2) is 14.3. The molecule has 1 aliphatic carbocycles. The van der Waals surface area contributed by atoms with E-state index in [1.807, 2.05) is 6.07 Å². The molecule has 12 heteroatoms. The van der Waals surface area contributed by atoms with Gasteiger partial charge in [-0.05, 0) is 56.6 Å². The molecule has 3 aliphatic rings. The molecule has 1 aromatic heterocycles. The van der Waals surface area contributed by atoms with Gasteiger partial charge in [0, 0.05) is 29.8 Å². The molecule has 2 aliphatic heterocycles. The van der Waals surface area contributed by atoms with Gasteiger partial charge in [0.1, 0.15) is 24.4 Å². The van der Waals surface area contributed by atoms with Crippen molar-refractivity contribution in [3.8, 4) is 11.5 Å². The molecule has 45 heavy (non-hydrogen) atoms. The van der Waals surface area contributed by atoms with Crippen molar-refractivity contribution in [2.75, 3.05) is 26.4 Å². The number of ether oxygens (including phenoxy) is 4. The van der Waals surface area contributed by atoms with Gasteiger partial charge in [0.05, 0.1) is 31.5 Å². The third-order valence-corrected chi connectivity index (χ3v) is 9.50. The molecular weight excluding hydrogens is 586 g/mol. The minimum atomic E-state index is -1.66. The first-order chi connectivity index (χ1) is 21.6. The zero-order chi connectivity index (χ0) is 32.3. The van der Waals surface area contributed by atoms with Crippen LogP contribution in [0.2, 0.25) is 0 Å². The highest BCUT2D eigenvalue weighted by atomic mass is 16.7. The lowest BCUT2D eigenvalue weighted by molar-refractivity contribution is -0.277. The van der Waals surface area contributed by atoms with E-state index in [9.17, 15) is 30.0 Å². The highest BCUT2D eigenvalue weighted by molar-refractivity contribution is 5.93. The molecule has 2 saturated heterocycles. The highest BCUT2D eigenvalue weighted by Gasteiger charge is 2.53. The zero-order valence-corrected chi connectivity index (χ0v) is 26.3. The molecule has 3 fully saturated rings. The third kappa shape index (κ3) is 6.66. The van der Waals surface area contributed by atoms with Crippen LogP contribution in [0.25, 0.3) is 11.0 Å². The topological polar surface area (TPSA) is 177 Å². The van der Waals surface area contributed by atoms with E-state index in [1.54, 1.807) is 13.2 Å². The number of carbonyl (C=O) groups excluding carboxylic acids is 2. The van der Waals surface area contributed by atoms with Gasteiger partial charge in [0.2, 0.25) is 17.9 Å². The Morgan fingerprint density at radius 1 is 1.13 bits per heavy atom. The molecule has 3 heterocycles. The molecule has 1 aromatic carbocycles. The number of hydrogen-bond acceptors (Lipinski definition) is 11. The first kappa shape index (κ1) is 33.5. The van der Waals surface area contributed by atoms with E-state index in [4.69, 9.17) is 23.4 Å². The van der Waals surface area contributed by atoms with E-state index in [2.05, 4.69) is 19.2 Å². The van der Waals surface area contributed by atoms with E-state index in [0.717, 1.165) is 49.5 Å². The summed E-state index contributed by atoms with van der Waals surface area (Å²) in [6.07, 6.45) is -0.444. The molecule has 250 valence electrons. The maximum absolute atomic E-state index is 13.1. The van der Waals surface area contributed by atoms with Gasteiger partial charge in [-0.2, -0.15) is 0 Å². The van der Waals surface area contributed by atoms with Crippen molar-refractivity contribution >= 4 is 22.8 Å². The molecule has 12 nitrogen and oxygen atoms in total. The monoisotopic (exact) mass is 633 g/mol. The highest BCUT2D eigenvalue weighted by Crippen LogP contribution is 2.54. The number of aryl methyl sites for hydroxylation is 1. The standard InChI is InChI=1S/C33H47NO11/c1-4-41-24(36)10-9-19-14-20-21(22-15-34-32(40)33(22)11-5-6-12-33)17-43-29(20)30(42-13-7-8-18(2)3)28(19)45-31-27(39)26(38)25(37)23(16-35)44-31/h14,17-18,22-23,25-27,31,35,37-39H,4-13,15-16H2,1-3H3,(H,34,40)/t22-,23+,25+,26-,27+,31+/m0/s1. The number of amides is 1. The smallest absolute Gasteiger partial charge is 0.306 e. The van der Waals surface area contributed by atoms with E-state index in [0.29, 0.717) is 30.2 Å². The van der Waals surface area contributed by atoms with Crippen molar-refractivity contribution in [3.63, 3.8) is 0 Å². The number of fused-ring (bicyclic) bond motifs is 1. The second-order valence-electron chi connectivity index (χ2n) is 12.9. The van der Waals surface area contributed by atoms with Crippen LogP contribution < -0.4 is 14.8 Å². The Kier molecular flexibility index (Phi) is 10.6. The summed E-state index contributed by atoms with van der Waals surface area (Å²) in [5.74, 6) is 0.402. The number of benzene rings is 1. The Bertz CT molecular complexity index is 1330. The van der Waals surface area contributed by atoms with Crippen molar-refractivity contribution in [3.05, 3.63) is 23.5 Å². The molecule has 6 atom stereocenters. The van der Waals surface area contributed by atoms with Gasteiger partial charge in [-0.3, -0.25) is 9.59 Å². The maximum atomic E-state index is 13.1. The number of nitrogens with one attached hydrogen (secondary N) is 1. The molecule has 5 rings (SSSR count). The Hall–Kier alpha value is -2.90. The molecule has 1 spiro atoms. The summed E-state index contributed by atoms with van der Waals surface area (Å²) in [5.41, 5.74) is 1.30. The van der Waals surface area contributed by atoms with E-state index >= 15 is 0 Å². The van der Waals surface area contributed by atoms with Crippen LogP contribution in [0.5, 0.6) is 11.5 Å². The number of furan rings is 1. The number of carbonyl (C=O) groups is 2. The average molecular weight is 634 g/mol. The van der Waals surface area contributed by atoms with Crippen molar-refractivity contribution < 1.29 is 53.4 Å². The van der Waals surface area contributed by atoms with Crippen LogP contribution in [0.15, 0.2) is 16.7 Å². The predicted octanol–water partition coefficient (Wildman–Crippen LogP) is 2.70. The van der Waals surface area contributed by atoms with Crippen molar-refractivity contribution in [1.82, 2.24) is 5.32 Å². The predicted molar refractivity (Wildman–Crippen MR) is 162 cm³/mol. The van der Waals surface area contributed by atoms with Gasteiger partial charge >= 0.3 is 5.97 Å². The fourth-order valence-electron chi connectivity index (χ4n) is 7.04. The summed E-state index contributed by atoms with van der Waals surface area (Å²) in [5, 5.41) is 45.1. The molecule has 2 aromatic rings. The van der Waals surface area contributed by atoms with Crippen molar-refractivity contribution in [1.29, 1.82) is 0 Å². The van der Waals surface area contributed by atoms with Crippen LogP contribution in [-0.4, -0.2) is 89.4 Å². The number of aliphatic hydroxyl groups is 4. The van der Waals surface area contributed by atoms with Gasteiger partial charge < -0.3 is 49.1 Å². The fraction of sp³-hybridized carbons (Fsp3) is 0.697. The minimum Gasteiger partial charge on any atom is -0.486 e. The summed E-state index contributed by atoms with van der Waals surface area (Å²) < 4.78 is 29.7. The van der Waals surface area contributed by atoms with E-state index < -0.39 is 48.7 Å². The SMILES string of the molecule is CCOC(=O)CCc1cc2c([C@@H]3CNC(=O)C34CCCC4)coc2c(OCCCC(C)C)c1O[C@H]1O[C@H](CO)[C@@H](O)[C@H](O)[C@H]1O.